The van der Waals surface area contributed by atoms with Crippen LogP contribution in [0.5, 0.6) is 0 Å². The van der Waals surface area contributed by atoms with E-state index in [0.717, 1.165) is 23.4 Å². The maximum absolute atomic E-state index is 13.0. The van der Waals surface area contributed by atoms with E-state index in [1.54, 1.807) is 4.68 Å². The molecule has 0 unspecified atom stereocenters. The zero-order valence-corrected chi connectivity index (χ0v) is 15.6. The molecule has 140 valence electrons. The Hall–Kier alpha value is -2.26. The van der Waals surface area contributed by atoms with Crippen molar-refractivity contribution in [3.8, 4) is 0 Å². The topological polar surface area (TPSA) is 84.3 Å². The first-order valence-corrected chi connectivity index (χ1v) is 9.68. The second kappa shape index (κ2) is 6.81. The molecule has 2 aromatic rings. The van der Waals surface area contributed by atoms with Crippen molar-refractivity contribution in [1.82, 2.24) is 19.4 Å². The van der Waals surface area contributed by atoms with Crippen LogP contribution < -0.4 is 5.32 Å². The van der Waals surface area contributed by atoms with Crippen molar-refractivity contribution < 1.29 is 17.6 Å². The SMILES string of the molecule is Cc1nn(C)cc1[C@@H](C)NC(=O)C1CN(S(=O)(=O)c2ccc(F)cc2)C1. The summed E-state index contributed by atoms with van der Waals surface area (Å²) in [6.07, 6.45) is 1.85. The molecule has 1 aliphatic heterocycles. The smallest absolute Gasteiger partial charge is 0.243 e. The largest absolute Gasteiger partial charge is 0.349 e. The third kappa shape index (κ3) is 3.49. The molecule has 0 saturated carbocycles. The van der Waals surface area contributed by atoms with Crippen molar-refractivity contribution in [1.29, 1.82) is 0 Å². The van der Waals surface area contributed by atoms with Gasteiger partial charge in [0.15, 0.2) is 0 Å². The maximum Gasteiger partial charge on any atom is 0.243 e. The molecule has 26 heavy (non-hydrogen) atoms. The number of rotatable bonds is 5. The number of sulfonamides is 1. The van der Waals surface area contributed by atoms with Crippen LogP contribution in [0.3, 0.4) is 0 Å². The Labute approximate surface area is 151 Å². The first-order valence-electron chi connectivity index (χ1n) is 8.24. The van der Waals surface area contributed by atoms with Crippen LogP contribution in [-0.4, -0.2) is 41.5 Å². The Bertz CT molecular complexity index is 918. The lowest BCUT2D eigenvalue weighted by atomic mass is 10.0. The van der Waals surface area contributed by atoms with Gasteiger partial charge in [-0.1, -0.05) is 0 Å². The maximum atomic E-state index is 13.0. The van der Waals surface area contributed by atoms with Gasteiger partial charge >= 0.3 is 0 Å². The molecule has 2 heterocycles. The second-order valence-corrected chi connectivity index (χ2v) is 8.48. The zero-order valence-electron chi connectivity index (χ0n) is 14.8. The number of carbonyl (C=O) groups is 1. The van der Waals surface area contributed by atoms with E-state index in [9.17, 15) is 17.6 Å². The van der Waals surface area contributed by atoms with E-state index in [0.29, 0.717) is 0 Å². The molecule has 1 aliphatic rings. The van der Waals surface area contributed by atoms with Gasteiger partial charge in [0.2, 0.25) is 15.9 Å². The molecule has 9 heteroatoms. The average molecular weight is 380 g/mol. The number of nitrogens with zero attached hydrogens (tertiary/aromatic N) is 3. The third-order valence-corrected chi connectivity index (χ3v) is 6.39. The minimum atomic E-state index is -3.70. The molecule has 1 atom stereocenters. The second-order valence-electron chi connectivity index (χ2n) is 6.55. The van der Waals surface area contributed by atoms with E-state index in [2.05, 4.69) is 10.4 Å². The lowest BCUT2D eigenvalue weighted by Gasteiger charge is -2.37. The van der Waals surface area contributed by atoms with Crippen LogP contribution in [0.2, 0.25) is 0 Å². The van der Waals surface area contributed by atoms with Crippen LogP contribution >= 0.6 is 0 Å². The summed E-state index contributed by atoms with van der Waals surface area (Å²) in [6, 6.07) is 4.46. The molecule has 3 rings (SSSR count). The highest BCUT2D eigenvalue weighted by atomic mass is 32.2. The molecule has 1 amide bonds. The van der Waals surface area contributed by atoms with Crippen molar-refractivity contribution in [2.24, 2.45) is 13.0 Å². The normalized spacial score (nSPS) is 16.9. The molecule has 0 aliphatic carbocycles. The Morgan fingerprint density at radius 3 is 2.46 bits per heavy atom. The van der Waals surface area contributed by atoms with E-state index in [1.165, 1.54) is 16.4 Å². The standard InChI is InChI=1S/C17H21FN4O3S/c1-11(16-10-21(3)20-12(16)2)19-17(23)13-8-22(9-13)26(24,25)15-6-4-14(18)5-7-15/h4-7,10-11,13H,8-9H2,1-3H3,(H,19,23)/t11-/m1/s1. The Kier molecular flexibility index (Phi) is 4.85. The van der Waals surface area contributed by atoms with Gasteiger partial charge in [-0.2, -0.15) is 9.40 Å². The lowest BCUT2D eigenvalue weighted by Crippen LogP contribution is -2.55. The third-order valence-electron chi connectivity index (χ3n) is 4.55. The zero-order chi connectivity index (χ0) is 19.1. The number of amides is 1. The van der Waals surface area contributed by atoms with Gasteiger partial charge in [-0.25, -0.2) is 12.8 Å². The van der Waals surface area contributed by atoms with E-state index in [-0.39, 0.29) is 29.9 Å². The number of hydrogen-bond donors (Lipinski definition) is 1. The fraction of sp³-hybridized carbons (Fsp3) is 0.412. The number of nitrogens with one attached hydrogen (secondary N) is 1. The van der Waals surface area contributed by atoms with Crippen LogP contribution in [0.4, 0.5) is 4.39 Å². The van der Waals surface area contributed by atoms with Gasteiger partial charge in [-0.05, 0) is 38.1 Å². The van der Waals surface area contributed by atoms with Gasteiger partial charge in [0.25, 0.3) is 0 Å². The number of halogens is 1. The molecule has 0 spiro atoms. The van der Waals surface area contributed by atoms with Crippen molar-refractivity contribution in [2.45, 2.75) is 24.8 Å². The Morgan fingerprint density at radius 2 is 1.92 bits per heavy atom. The summed E-state index contributed by atoms with van der Waals surface area (Å²) in [6.45, 7) is 3.97. The molecule has 0 radical (unpaired) electrons. The number of aryl methyl sites for hydroxylation is 2. The van der Waals surface area contributed by atoms with Crippen LogP contribution in [0.1, 0.15) is 24.2 Å². The highest BCUT2D eigenvalue weighted by Gasteiger charge is 2.40. The van der Waals surface area contributed by atoms with Gasteiger partial charge < -0.3 is 5.32 Å². The summed E-state index contributed by atoms with van der Waals surface area (Å²) < 4.78 is 40.8. The van der Waals surface area contributed by atoms with Crippen molar-refractivity contribution in [3.05, 3.63) is 47.5 Å². The summed E-state index contributed by atoms with van der Waals surface area (Å²) in [7, 11) is -1.88. The molecule has 1 N–H and O–H groups in total. The summed E-state index contributed by atoms with van der Waals surface area (Å²) in [5.41, 5.74) is 1.77. The Morgan fingerprint density at radius 1 is 1.31 bits per heavy atom. The summed E-state index contributed by atoms with van der Waals surface area (Å²) in [5.74, 6) is -1.08. The van der Waals surface area contributed by atoms with E-state index < -0.39 is 21.8 Å². The van der Waals surface area contributed by atoms with E-state index in [1.807, 2.05) is 27.1 Å². The highest BCUT2D eigenvalue weighted by Crippen LogP contribution is 2.26. The average Bonchev–Trinajstić information content (AvgIpc) is 2.84. The predicted molar refractivity (Wildman–Crippen MR) is 93.2 cm³/mol. The molecule has 7 nitrogen and oxygen atoms in total. The van der Waals surface area contributed by atoms with Crippen LogP contribution in [-0.2, 0) is 21.9 Å². The summed E-state index contributed by atoms with van der Waals surface area (Å²) in [5, 5.41) is 7.16. The van der Waals surface area contributed by atoms with E-state index >= 15 is 0 Å². The fourth-order valence-electron chi connectivity index (χ4n) is 3.01. The minimum Gasteiger partial charge on any atom is -0.349 e. The van der Waals surface area contributed by atoms with Gasteiger partial charge in [-0.3, -0.25) is 9.48 Å². The minimum absolute atomic E-state index is 0.0251. The molecule has 1 saturated heterocycles. The number of hydrogen-bond acceptors (Lipinski definition) is 4. The molecule has 1 aromatic heterocycles. The molecular weight excluding hydrogens is 359 g/mol. The quantitative estimate of drug-likeness (QED) is 0.849. The predicted octanol–water partition coefficient (Wildman–Crippen LogP) is 1.37. The van der Waals surface area contributed by atoms with Gasteiger partial charge in [0.05, 0.1) is 22.5 Å². The van der Waals surface area contributed by atoms with Gasteiger partial charge in [-0.15, -0.1) is 0 Å². The first-order chi connectivity index (χ1) is 12.2. The van der Waals surface area contributed by atoms with Crippen molar-refractivity contribution in [3.63, 3.8) is 0 Å². The number of carbonyl (C=O) groups excluding carboxylic acids is 1. The van der Waals surface area contributed by atoms with Crippen molar-refractivity contribution >= 4 is 15.9 Å². The molecular formula is C17H21FN4O3S. The monoisotopic (exact) mass is 380 g/mol. The fourth-order valence-corrected chi connectivity index (χ4v) is 4.54. The molecule has 1 fully saturated rings. The van der Waals surface area contributed by atoms with Crippen LogP contribution in [0.25, 0.3) is 0 Å². The molecule has 0 bridgehead atoms. The highest BCUT2D eigenvalue weighted by molar-refractivity contribution is 7.89. The summed E-state index contributed by atoms with van der Waals surface area (Å²) >= 11 is 0. The van der Waals surface area contributed by atoms with Crippen LogP contribution in [0, 0.1) is 18.7 Å². The van der Waals surface area contributed by atoms with Gasteiger partial charge in [0.1, 0.15) is 5.82 Å². The number of benzene rings is 1. The molecule has 1 aromatic carbocycles. The van der Waals surface area contributed by atoms with Gasteiger partial charge in [0, 0.05) is 31.9 Å². The van der Waals surface area contributed by atoms with Crippen LogP contribution in [0.15, 0.2) is 35.4 Å². The van der Waals surface area contributed by atoms with E-state index in [4.69, 9.17) is 0 Å². The first kappa shape index (κ1) is 18.5. The Balaban J connectivity index is 1.59. The number of aromatic nitrogens is 2. The lowest BCUT2D eigenvalue weighted by molar-refractivity contribution is -0.128. The van der Waals surface area contributed by atoms with Crippen molar-refractivity contribution in [2.75, 3.05) is 13.1 Å². The summed E-state index contributed by atoms with van der Waals surface area (Å²) in [4.78, 5) is 12.4.